The molecule has 1 amide bonds. The lowest BCUT2D eigenvalue weighted by atomic mass is 10.2. The maximum absolute atomic E-state index is 12.2. The molecule has 0 saturated heterocycles. The number of sulfone groups is 1. The molecule has 0 fully saturated rings. The number of hydrogen-bond acceptors (Lipinski definition) is 5. The number of ether oxygens (including phenoxy) is 1. The Balaban J connectivity index is 3.16. The van der Waals surface area contributed by atoms with Crippen molar-refractivity contribution < 1.29 is 27.9 Å². The highest BCUT2D eigenvalue weighted by atomic mass is 32.2. The van der Waals surface area contributed by atoms with Gasteiger partial charge in [0, 0.05) is 6.54 Å². The molecule has 2 N–H and O–H groups in total. The molecule has 0 aromatic heterocycles. The van der Waals surface area contributed by atoms with E-state index in [2.05, 4.69) is 11.9 Å². The van der Waals surface area contributed by atoms with Gasteiger partial charge in [-0.25, -0.2) is 13.2 Å². The summed E-state index contributed by atoms with van der Waals surface area (Å²) in [5.41, 5.74) is -0.208. The summed E-state index contributed by atoms with van der Waals surface area (Å²) in [6.07, 6.45) is 1.41. The van der Waals surface area contributed by atoms with E-state index in [1.807, 2.05) is 0 Å². The molecule has 114 valence electrons. The minimum atomic E-state index is -4.02. The zero-order valence-electron chi connectivity index (χ0n) is 11.3. The van der Waals surface area contributed by atoms with Crippen LogP contribution in [0.15, 0.2) is 35.7 Å². The Morgan fingerprint density at radius 2 is 2.10 bits per heavy atom. The van der Waals surface area contributed by atoms with Gasteiger partial charge >= 0.3 is 5.97 Å². The van der Waals surface area contributed by atoms with E-state index in [9.17, 15) is 18.0 Å². The maximum Gasteiger partial charge on any atom is 0.335 e. The predicted molar refractivity (Wildman–Crippen MR) is 75.2 cm³/mol. The smallest absolute Gasteiger partial charge is 0.335 e. The Morgan fingerprint density at radius 1 is 1.43 bits per heavy atom. The Bertz CT molecular complexity index is 665. The maximum atomic E-state index is 12.2. The van der Waals surface area contributed by atoms with Crippen molar-refractivity contribution in [3.05, 3.63) is 36.4 Å². The van der Waals surface area contributed by atoms with E-state index in [0.717, 1.165) is 6.07 Å². The first-order valence-electron chi connectivity index (χ1n) is 5.83. The number of methoxy groups -OCH3 is 1. The first-order valence-corrected chi connectivity index (χ1v) is 7.48. The Kier molecular flexibility index (Phi) is 5.48. The molecule has 0 radical (unpaired) electrons. The van der Waals surface area contributed by atoms with Crippen molar-refractivity contribution in [2.24, 2.45) is 0 Å². The molecule has 0 spiro atoms. The summed E-state index contributed by atoms with van der Waals surface area (Å²) in [5.74, 6) is -2.81. The number of amides is 1. The van der Waals surface area contributed by atoms with Crippen LogP contribution in [0.25, 0.3) is 0 Å². The molecule has 0 unspecified atom stereocenters. The van der Waals surface area contributed by atoms with Crippen LogP contribution in [-0.2, 0) is 14.6 Å². The highest BCUT2D eigenvalue weighted by Crippen LogP contribution is 2.26. The average molecular weight is 313 g/mol. The van der Waals surface area contributed by atoms with Crippen molar-refractivity contribution in [3.8, 4) is 5.75 Å². The van der Waals surface area contributed by atoms with Gasteiger partial charge in [0.25, 0.3) is 0 Å². The third kappa shape index (κ3) is 4.32. The minimum absolute atomic E-state index is 0.0171. The molecule has 0 atom stereocenters. The van der Waals surface area contributed by atoms with E-state index in [0.29, 0.717) is 0 Å². The van der Waals surface area contributed by atoms with Crippen molar-refractivity contribution >= 4 is 21.7 Å². The topological polar surface area (TPSA) is 110 Å². The summed E-state index contributed by atoms with van der Waals surface area (Å²) in [7, 11) is -2.77. The van der Waals surface area contributed by atoms with Crippen LogP contribution in [-0.4, -0.2) is 44.8 Å². The van der Waals surface area contributed by atoms with Crippen LogP contribution in [0.3, 0.4) is 0 Å². The Hall–Kier alpha value is -2.35. The van der Waals surface area contributed by atoms with Gasteiger partial charge < -0.3 is 15.2 Å². The fourth-order valence-electron chi connectivity index (χ4n) is 1.54. The van der Waals surface area contributed by atoms with Crippen LogP contribution in [0.1, 0.15) is 10.4 Å². The Morgan fingerprint density at radius 3 is 2.62 bits per heavy atom. The fraction of sp³-hybridized carbons (Fsp3) is 0.231. The first kappa shape index (κ1) is 16.7. The molecule has 1 aromatic rings. The van der Waals surface area contributed by atoms with Crippen molar-refractivity contribution in [2.45, 2.75) is 4.90 Å². The van der Waals surface area contributed by atoms with Crippen LogP contribution < -0.4 is 10.1 Å². The van der Waals surface area contributed by atoms with Gasteiger partial charge in [-0.05, 0) is 18.2 Å². The molecule has 8 heteroatoms. The second-order valence-electron chi connectivity index (χ2n) is 4.02. The lowest BCUT2D eigenvalue weighted by molar-refractivity contribution is -0.118. The quantitative estimate of drug-likeness (QED) is 0.708. The molecule has 0 heterocycles. The normalized spacial score (nSPS) is 10.7. The van der Waals surface area contributed by atoms with Gasteiger partial charge in [0.15, 0.2) is 9.84 Å². The molecular weight excluding hydrogens is 298 g/mol. The summed E-state index contributed by atoms with van der Waals surface area (Å²) >= 11 is 0. The molecule has 1 aromatic carbocycles. The SMILES string of the molecule is C=CCNC(=O)CS(=O)(=O)c1cc(C(=O)O)ccc1OC. The molecule has 0 aliphatic rings. The van der Waals surface area contributed by atoms with Crippen LogP contribution in [0.4, 0.5) is 0 Å². The van der Waals surface area contributed by atoms with Crippen molar-refractivity contribution in [2.75, 3.05) is 19.4 Å². The number of benzene rings is 1. The second-order valence-corrected chi connectivity index (χ2v) is 5.98. The lowest BCUT2D eigenvalue weighted by Crippen LogP contribution is -2.30. The summed E-state index contributed by atoms with van der Waals surface area (Å²) < 4.78 is 29.3. The summed E-state index contributed by atoms with van der Waals surface area (Å²) in [4.78, 5) is 22.1. The predicted octanol–water partition coefficient (Wildman–Crippen LogP) is 0.469. The van der Waals surface area contributed by atoms with Gasteiger partial charge in [-0.1, -0.05) is 6.08 Å². The van der Waals surface area contributed by atoms with E-state index < -0.39 is 27.5 Å². The van der Waals surface area contributed by atoms with Crippen molar-refractivity contribution in [3.63, 3.8) is 0 Å². The number of carbonyl (C=O) groups excluding carboxylic acids is 1. The third-order valence-corrected chi connectivity index (χ3v) is 4.14. The minimum Gasteiger partial charge on any atom is -0.495 e. The average Bonchev–Trinajstić information content (AvgIpc) is 2.43. The monoisotopic (exact) mass is 313 g/mol. The van der Waals surface area contributed by atoms with Crippen LogP contribution in [0, 0.1) is 0 Å². The van der Waals surface area contributed by atoms with E-state index in [1.54, 1.807) is 0 Å². The first-order chi connectivity index (χ1) is 9.81. The van der Waals surface area contributed by atoms with E-state index >= 15 is 0 Å². The third-order valence-electron chi connectivity index (χ3n) is 2.51. The molecule has 0 aliphatic carbocycles. The fourth-order valence-corrected chi connectivity index (χ4v) is 2.91. The number of carboxylic acids is 1. The highest BCUT2D eigenvalue weighted by molar-refractivity contribution is 7.92. The van der Waals surface area contributed by atoms with Gasteiger partial charge in [0.2, 0.25) is 5.91 Å². The number of hydrogen-bond donors (Lipinski definition) is 2. The molecule has 0 aliphatic heterocycles. The zero-order valence-corrected chi connectivity index (χ0v) is 12.1. The number of nitrogens with one attached hydrogen (secondary N) is 1. The van der Waals surface area contributed by atoms with Gasteiger partial charge in [-0.15, -0.1) is 6.58 Å². The van der Waals surface area contributed by atoms with Crippen LogP contribution in [0.5, 0.6) is 5.75 Å². The molecule has 21 heavy (non-hydrogen) atoms. The summed E-state index contributed by atoms with van der Waals surface area (Å²) in [6, 6.07) is 3.42. The van der Waals surface area contributed by atoms with E-state index in [4.69, 9.17) is 9.84 Å². The molecule has 7 nitrogen and oxygen atoms in total. The van der Waals surface area contributed by atoms with E-state index in [1.165, 1.54) is 25.3 Å². The van der Waals surface area contributed by atoms with Gasteiger partial charge in [0.1, 0.15) is 16.4 Å². The Labute approximate surface area is 122 Å². The molecule has 0 bridgehead atoms. The van der Waals surface area contributed by atoms with Gasteiger partial charge in [0.05, 0.1) is 12.7 Å². The second kappa shape index (κ2) is 6.89. The number of rotatable bonds is 7. The molecule has 0 saturated carbocycles. The zero-order chi connectivity index (χ0) is 16.0. The standard InChI is InChI=1S/C13H15NO6S/c1-3-6-14-12(15)8-21(18,19)11-7-9(13(16)17)4-5-10(11)20-2/h3-5,7H,1,6,8H2,2H3,(H,14,15)(H,16,17). The largest absolute Gasteiger partial charge is 0.495 e. The van der Waals surface area contributed by atoms with Gasteiger partial charge in [-0.3, -0.25) is 4.79 Å². The number of carbonyl (C=O) groups is 2. The lowest BCUT2D eigenvalue weighted by Gasteiger charge is -2.10. The van der Waals surface area contributed by atoms with Crippen molar-refractivity contribution in [1.29, 1.82) is 0 Å². The molecule has 1 rings (SSSR count). The summed E-state index contributed by atoms with van der Waals surface area (Å²) in [5, 5.41) is 11.3. The van der Waals surface area contributed by atoms with Gasteiger partial charge in [-0.2, -0.15) is 0 Å². The number of aromatic carboxylic acids is 1. The highest BCUT2D eigenvalue weighted by Gasteiger charge is 2.24. The summed E-state index contributed by atoms with van der Waals surface area (Å²) in [6.45, 7) is 3.54. The van der Waals surface area contributed by atoms with Crippen LogP contribution >= 0.6 is 0 Å². The van der Waals surface area contributed by atoms with Crippen molar-refractivity contribution in [1.82, 2.24) is 5.32 Å². The molecular formula is C13H15NO6S. The van der Waals surface area contributed by atoms with Crippen LogP contribution in [0.2, 0.25) is 0 Å². The van der Waals surface area contributed by atoms with E-state index in [-0.39, 0.29) is 22.8 Å². The number of carboxylic acid groups (broad SMARTS) is 1.